The van der Waals surface area contributed by atoms with Crippen molar-refractivity contribution in [1.82, 2.24) is 15.3 Å². The molecule has 1 aliphatic heterocycles. The second-order valence-electron chi connectivity index (χ2n) is 5.31. The molecule has 0 saturated carbocycles. The molecule has 1 saturated heterocycles. The van der Waals surface area contributed by atoms with Crippen LogP contribution < -0.4 is 14.8 Å². The van der Waals surface area contributed by atoms with Gasteiger partial charge >= 0.3 is 0 Å². The normalized spacial score (nSPS) is 17.8. The second-order valence-corrected chi connectivity index (χ2v) is 5.31. The summed E-state index contributed by atoms with van der Waals surface area (Å²) in [6, 6.07) is 8.28. The molecule has 1 aromatic carbocycles. The minimum atomic E-state index is 0. The number of para-hydroxylation sites is 2. The zero-order valence-electron chi connectivity index (χ0n) is 12.7. The number of methoxy groups -OCH3 is 1. The van der Waals surface area contributed by atoms with E-state index >= 15 is 0 Å². The van der Waals surface area contributed by atoms with Crippen molar-refractivity contribution in [1.29, 1.82) is 0 Å². The van der Waals surface area contributed by atoms with Crippen molar-refractivity contribution in [3.63, 3.8) is 0 Å². The highest BCUT2D eigenvalue weighted by Gasteiger charge is 2.14. The maximum atomic E-state index is 5.80. The van der Waals surface area contributed by atoms with E-state index in [1.165, 1.54) is 19.3 Å². The Balaban J connectivity index is 0.00000176. The van der Waals surface area contributed by atoms with Crippen LogP contribution in [0.25, 0.3) is 11.0 Å². The zero-order chi connectivity index (χ0) is 14.5. The van der Waals surface area contributed by atoms with Crippen molar-refractivity contribution < 1.29 is 9.47 Å². The first-order chi connectivity index (χ1) is 10.4. The fourth-order valence-electron chi connectivity index (χ4n) is 2.66. The molecule has 0 bridgehead atoms. The minimum absolute atomic E-state index is 0. The first-order valence-electron chi connectivity index (χ1n) is 7.54. The van der Waals surface area contributed by atoms with E-state index in [2.05, 4.69) is 15.3 Å². The highest BCUT2D eigenvalue weighted by atomic mass is 35.5. The molecule has 6 heteroatoms. The minimum Gasteiger partial charge on any atom is -0.477 e. The van der Waals surface area contributed by atoms with E-state index in [1.54, 1.807) is 7.11 Å². The Bertz CT molecular complexity index is 603. The second kappa shape index (κ2) is 8.15. The van der Waals surface area contributed by atoms with Gasteiger partial charge in [-0.15, -0.1) is 12.4 Å². The third-order valence-corrected chi connectivity index (χ3v) is 3.82. The van der Waals surface area contributed by atoms with E-state index in [0.717, 1.165) is 24.0 Å². The van der Waals surface area contributed by atoms with Gasteiger partial charge in [-0.2, -0.15) is 0 Å². The first kappa shape index (κ1) is 16.8. The molecule has 5 nitrogen and oxygen atoms in total. The molecule has 1 fully saturated rings. The van der Waals surface area contributed by atoms with Gasteiger partial charge in [-0.3, -0.25) is 0 Å². The van der Waals surface area contributed by atoms with Gasteiger partial charge in [0, 0.05) is 6.04 Å². The monoisotopic (exact) mass is 323 g/mol. The summed E-state index contributed by atoms with van der Waals surface area (Å²) in [4.78, 5) is 8.93. The highest BCUT2D eigenvalue weighted by molar-refractivity contribution is 5.85. The average Bonchev–Trinajstić information content (AvgIpc) is 2.55. The number of benzene rings is 1. The van der Waals surface area contributed by atoms with Crippen molar-refractivity contribution in [3.8, 4) is 11.8 Å². The van der Waals surface area contributed by atoms with Gasteiger partial charge in [0.15, 0.2) is 0 Å². The van der Waals surface area contributed by atoms with Crippen LogP contribution in [0.15, 0.2) is 24.3 Å². The maximum absolute atomic E-state index is 5.80. The summed E-state index contributed by atoms with van der Waals surface area (Å²) in [6.07, 6.45) is 4.79. The molecule has 0 spiro atoms. The Morgan fingerprint density at radius 3 is 2.50 bits per heavy atom. The molecule has 1 atom stereocenters. The van der Waals surface area contributed by atoms with Crippen molar-refractivity contribution in [3.05, 3.63) is 24.3 Å². The average molecular weight is 324 g/mol. The van der Waals surface area contributed by atoms with Crippen molar-refractivity contribution in [2.45, 2.75) is 31.7 Å². The van der Waals surface area contributed by atoms with Crippen LogP contribution in [0.1, 0.15) is 25.7 Å². The number of halogens is 1. The van der Waals surface area contributed by atoms with E-state index in [4.69, 9.17) is 9.47 Å². The quantitative estimate of drug-likeness (QED) is 0.916. The van der Waals surface area contributed by atoms with Gasteiger partial charge in [0.05, 0.1) is 24.8 Å². The zero-order valence-corrected chi connectivity index (χ0v) is 13.6. The summed E-state index contributed by atoms with van der Waals surface area (Å²) in [5, 5.41) is 3.52. The number of aromatic nitrogens is 2. The van der Waals surface area contributed by atoms with Crippen LogP contribution in [0.4, 0.5) is 0 Å². The highest BCUT2D eigenvalue weighted by Crippen LogP contribution is 2.25. The van der Waals surface area contributed by atoms with Crippen molar-refractivity contribution in [2.75, 3.05) is 20.3 Å². The topological polar surface area (TPSA) is 56.3 Å². The van der Waals surface area contributed by atoms with Gasteiger partial charge in [-0.25, -0.2) is 9.97 Å². The van der Waals surface area contributed by atoms with Crippen LogP contribution in [0.3, 0.4) is 0 Å². The van der Waals surface area contributed by atoms with Crippen LogP contribution in [-0.2, 0) is 0 Å². The lowest BCUT2D eigenvalue weighted by molar-refractivity contribution is 0.246. The third kappa shape index (κ3) is 3.99. The van der Waals surface area contributed by atoms with Gasteiger partial charge in [0.1, 0.15) is 0 Å². The summed E-state index contributed by atoms with van der Waals surface area (Å²) < 4.78 is 11.1. The number of nitrogens with one attached hydrogen (secondary N) is 1. The van der Waals surface area contributed by atoms with Crippen LogP contribution in [0.5, 0.6) is 11.8 Å². The lowest BCUT2D eigenvalue weighted by Crippen LogP contribution is -2.35. The largest absolute Gasteiger partial charge is 0.477 e. The summed E-state index contributed by atoms with van der Waals surface area (Å²) >= 11 is 0. The molecule has 1 unspecified atom stereocenters. The SMILES string of the molecule is COc1nc2ccccc2nc1OCCC1CCCCN1.Cl. The fourth-order valence-corrected chi connectivity index (χ4v) is 2.66. The number of hydrogen-bond acceptors (Lipinski definition) is 5. The summed E-state index contributed by atoms with van der Waals surface area (Å²) in [6.45, 7) is 1.74. The Hall–Kier alpha value is -1.59. The number of hydrogen-bond donors (Lipinski definition) is 1. The van der Waals surface area contributed by atoms with Crippen molar-refractivity contribution in [2.24, 2.45) is 0 Å². The molecule has 1 aliphatic rings. The van der Waals surface area contributed by atoms with Crippen LogP contribution >= 0.6 is 12.4 Å². The molecule has 3 rings (SSSR count). The maximum Gasteiger partial charge on any atom is 0.278 e. The number of fused-ring (bicyclic) bond motifs is 1. The number of nitrogens with zero attached hydrogens (tertiary/aromatic N) is 2. The molecule has 1 aromatic heterocycles. The lowest BCUT2D eigenvalue weighted by atomic mass is 10.0. The molecular formula is C16H22ClN3O2. The first-order valence-corrected chi connectivity index (χ1v) is 7.54. The van der Waals surface area contributed by atoms with Crippen LogP contribution in [-0.4, -0.2) is 36.3 Å². The summed E-state index contributed by atoms with van der Waals surface area (Å²) in [5.41, 5.74) is 1.64. The van der Waals surface area contributed by atoms with Crippen molar-refractivity contribution >= 4 is 23.4 Å². The predicted molar refractivity (Wildman–Crippen MR) is 89.1 cm³/mol. The van der Waals surface area contributed by atoms with Gasteiger partial charge < -0.3 is 14.8 Å². The van der Waals surface area contributed by atoms with E-state index in [1.807, 2.05) is 24.3 Å². The molecule has 0 amide bonds. The van der Waals surface area contributed by atoms with Gasteiger partial charge in [0.2, 0.25) is 0 Å². The van der Waals surface area contributed by atoms with E-state index in [9.17, 15) is 0 Å². The smallest absolute Gasteiger partial charge is 0.278 e. The number of piperidine rings is 1. The predicted octanol–water partition coefficient (Wildman–Crippen LogP) is 2.97. The molecule has 22 heavy (non-hydrogen) atoms. The Morgan fingerprint density at radius 1 is 1.14 bits per heavy atom. The molecule has 0 radical (unpaired) electrons. The third-order valence-electron chi connectivity index (χ3n) is 3.82. The van der Waals surface area contributed by atoms with Crippen LogP contribution in [0.2, 0.25) is 0 Å². The Morgan fingerprint density at radius 2 is 1.86 bits per heavy atom. The Kier molecular flexibility index (Phi) is 6.21. The lowest BCUT2D eigenvalue weighted by Gasteiger charge is -2.23. The Labute approximate surface area is 136 Å². The standard InChI is InChI=1S/C16H21N3O2.ClH/c1-20-15-16(19-14-8-3-2-7-13(14)18-15)21-11-9-12-6-4-5-10-17-12;/h2-3,7-8,12,17H,4-6,9-11H2,1H3;1H. The molecular weight excluding hydrogens is 302 g/mol. The van der Waals surface area contributed by atoms with Gasteiger partial charge in [0.25, 0.3) is 11.8 Å². The van der Waals surface area contributed by atoms with Gasteiger partial charge in [-0.05, 0) is 37.9 Å². The fraction of sp³-hybridized carbons (Fsp3) is 0.500. The molecule has 1 N–H and O–H groups in total. The summed E-state index contributed by atoms with van der Waals surface area (Å²) in [5.74, 6) is 0.928. The van der Waals surface area contributed by atoms with E-state index in [0.29, 0.717) is 24.4 Å². The molecule has 120 valence electrons. The van der Waals surface area contributed by atoms with E-state index < -0.39 is 0 Å². The molecule has 2 heterocycles. The number of rotatable bonds is 5. The van der Waals surface area contributed by atoms with E-state index in [-0.39, 0.29) is 12.4 Å². The van der Waals surface area contributed by atoms with Crippen LogP contribution in [0, 0.1) is 0 Å². The van der Waals surface area contributed by atoms with Gasteiger partial charge in [-0.1, -0.05) is 18.6 Å². The molecule has 2 aromatic rings. The summed E-state index contributed by atoms with van der Waals surface area (Å²) in [7, 11) is 1.59. The number of ether oxygens (including phenoxy) is 2. The molecule has 0 aliphatic carbocycles.